The van der Waals surface area contributed by atoms with Gasteiger partial charge in [-0.05, 0) is 85.4 Å². The first-order valence-corrected chi connectivity index (χ1v) is 11.3. The van der Waals surface area contributed by atoms with Crippen LogP contribution in [0.3, 0.4) is 0 Å². The van der Waals surface area contributed by atoms with Gasteiger partial charge in [0.05, 0.1) is 0 Å². The fourth-order valence-electron chi connectivity index (χ4n) is 8.03. The number of carbonyl (C=O) groups excluding carboxylic acids is 1. The Morgan fingerprint density at radius 1 is 1.22 bits per heavy atom. The summed E-state index contributed by atoms with van der Waals surface area (Å²) in [6.07, 6.45) is 14.9. The molecule has 2 nitrogen and oxygen atoms in total. The third kappa shape index (κ3) is 2.93. The van der Waals surface area contributed by atoms with Gasteiger partial charge < -0.3 is 4.74 Å². The number of fused-ring (bicyclic) bond motifs is 5. The lowest BCUT2D eigenvalue weighted by atomic mass is 9.47. The van der Waals surface area contributed by atoms with Crippen LogP contribution < -0.4 is 0 Å². The number of rotatable bonds is 3. The fourth-order valence-corrected chi connectivity index (χ4v) is 8.03. The number of hydrogen-bond acceptors (Lipinski definition) is 2. The lowest BCUT2D eigenvalue weighted by Gasteiger charge is -2.58. The van der Waals surface area contributed by atoms with Crippen LogP contribution in [0.4, 0.5) is 0 Å². The molecule has 0 unspecified atom stereocenters. The third-order valence-corrected chi connectivity index (χ3v) is 9.47. The maximum atomic E-state index is 11.4. The highest BCUT2D eigenvalue weighted by atomic mass is 16.5. The summed E-state index contributed by atoms with van der Waals surface area (Å²) in [6.45, 7) is 13.2. The molecule has 0 aromatic rings. The molecule has 0 aromatic carbocycles. The number of allylic oxidation sites excluding steroid dienone is 2. The van der Waals surface area contributed by atoms with Crippen molar-refractivity contribution in [1.29, 1.82) is 0 Å². The van der Waals surface area contributed by atoms with Gasteiger partial charge in [0.2, 0.25) is 0 Å². The quantitative estimate of drug-likeness (QED) is 0.429. The van der Waals surface area contributed by atoms with E-state index >= 15 is 0 Å². The third-order valence-electron chi connectivity index (χ3n) is 9.47. The van der Waals surface area contributed by atoms with Gasteiger partial charge in [-0.25, -0.2) is 0 Å². The maximum Gasteiger partial charge on any atom is 0.302 e. The van der Waals surface area contributed by atoms with Crippen LogP contribution in [-0.2, 0) is 9.53 Å². The molecule has 0 spiro atoms. The van der Waals surface area contributed by atoms with Gasteiger partial charge in [0.15, 0.2) is 0 Å². The van der Waals surface area contributed by atoms with E-state index in [1.165, 1.54) is 38.5 Å². The van der Waals surface area contributed by atoms with Crippen molar-refractivity contribution in [3.05, 3.63) is 24.3 Å². The molecule has 0 aromatic heterocycles. The molecule has 27 heavy (non-hydrogen) atoms. The average molecular weight is 371 g/mol. The summed E-state index contributed by atoms with van der Waals surface area (Å²) in [5, 5.41) is 0. The van der Waals surface area contributed by atoms with Crippen molar-refractivity contribution in [2.24, 2.45) is 40.4 Å². The van der Waals surface area contributed by atoms with Crippen molar-refractivity contribution in [2.75, 3.05) is 0 Å². The molecule has 3 saturated carbocycles. The van der Waals surface area contributed by atoms with Gasteiger partial charge >= 0.3 is 5.97 Å². The summed E-state index contributed by atoms with van der Waals surface area (Å²) in [5.41, 5.74) is 2.44. The average Bonchev–Trinajstić information content (AvgIpc) is 2.98. The van der Waals surface area contributed by atoms with Crippen LogP contribution in [0.1, 0.15) is 79.1 Å². The summed E-state index contributed by atoms with van der Waals surface area (Å²) >= 11 is 0. The second kappa shape index (κ2) is 6.78. The van der Waals surface area contributed by atoms with Crippen molar-refractivity contribution in [3.63, 3.8) is 0 Å². The summed E-state index contributed by atoms with van der Waals surface area (Å²) in [7, 11) is 0. The van der Waals surface area contributed by atoms with Crippen LogP contribution in [0, 0.1) is 40.4 Å². The Kier molecular flexibility index (Phi) is 4.84. The molecule has 0 N–H and O–H groups in total. The molecule has 3 fully saturated rings. The van der Waals surface area contributed by atoms with E-state index in [1.807, 2.05) is 0 Å². The van der Waals surface area contributed by atoms with Crippen molar-refractivity contribution in [2.45, 2.75) is 85.2 Å². The molecule has 4 aliphatic rings. The van der Waals surface area contributed by atoms with E-state index in [-0.39, 0.29) is 12.1 Å². The van der Waals surface area contributed by atoms with Gasteiger partial charge in [0.1, 0.15) is 6.10 Å². The van der Waals surface area contributed by atoms with E-state index in [0.29, 0.717) is 16.7 Å². The maximum absolute atomic E-state index is 11.4. The Morgan fingerprint density at radius 2 is 2.00 bits per heavy atom. The summed E-state index contributed by atoms with van der Waals surface area (Å²) in [4.78, 5) is 11.4. The lowest BCUT2D eigenvalue weighted by molar-refractivity contribution is -0.148. The zero-order valence-corrected chi connectivity index (χ0v) is 17.8. The first-order chi connectivity index (χ1) is 12.8. The molecule has 0 saturated heterocycles. The zero-order chi connectivity index (χ0) is 19.4. The van der Waals surface area contributed by atoms with Gasteiger partial charge in [-0.2, -0.15) is 0 Å². The zero-order valence-electron chi connectivity index (χ0n) is 17.8. The predicted octanol–water partition coefficient (Wildman–Crippen LogP) is 6.32. The topological polar surface area (TPSA) is 26.3 Å². The van der Waals surface area contributed by atoms with Gasteiger partial charge in [0.25, 0.3) is 0 Å². The highest BCUT2D eigenvalue weighted by Gasteiger charge is 2.59. The molecular formula is C25H38O2. The van der Waals surface area contributed by atoms with Crippen LogP contribution in [0.25, 0.3) is 0 Å². The second-order valence-electron chi connectivity index (χ2n) is 10.6. The predicted molar refractivity (Wildman–Crippen MR) is 110 cm³/mol. The van der Waals surface area contributed by atoms with E-state index < -0.39 is 0 Å². The van der Waals surface area contributed by atoms with Crippen LogP contribution in [-0.4, -0.2) is 12.1 Å². The van der Waals surface area contributed by atoms with Crippen molar-refractivity contribution in [1.82, 2.24) is 0 Å². The van der Waals surface area contributed by atoms with Crippen molar-refractivity contribution in [3.8, 4) is 0 Å². The smallest absolute Gasteiger partial charge is 0.302 e. The van der Waals surface area contributed by atoms with Gasteiger partial charge in [-0.15, -0.1) is 6.58 Å². The Morgan fingerprint density at radius 3 is 2.70 bits per heavy atom. The Hall–Kier alpha value is -1.05. The van der Waals surface area contributed by atoms with Crippen molar-refractivity contribution < 1.29 is 9.53 Å². The van der Waals surface area contributed by atoms with Crippen LogP contribution in [0.5, 0.6) is 0 Å². The molecule has 0 aliphatic heterocycles. The Balaban J connectivity index is 1.57. The molecule has 4 rings (SSSR count). The van der Waals surface area contributed by atoms with Gasteiger partial charge in [-0.3, -0.25) is 4.79 Å². The molecule has 0 heterocycles. The SMILES string of the molecule is C=C[C@@H](C)[C@H]1CC[C@H]2[C@@H]3CC=C4C[C@@H](OC(C)=O)CC[C@]4(C)[C@H]3CC[C@]12C. The van der Waals surface area contributed by atoms with Crippen LogP contribution in [0.15, 0.2) is 24.3 Å². The summed E-state index contributed by atoms with van der Waals surface area (Å²) < 4.78 is 5.57. The number of carbonyl (C=O) groups is 1. The normalized spacial score (nSPS) is 47.1. The van der Waals surface area contributed by atoms with E-state index in [4.69, 9.17) is 4.74 Å². The molecule has 4 aliphatic carbocycles. The van der Waals surface area contributed by atoms with Crippen molar-refractivity contribution >= 4 is 5.97 Å². The van der Waals surface area contributed by atoms with Crippen LogP contribution in [0.2, 0.25) is 0 Å². The van der Waals surface area contributed by atoms with E-state index in [2.05, 4.69) is 39.5 Å². The molecule has 0 amide bonds. The number of esters is 1. The lowest BCUT2D eigenvalue weighted by Crippen LogP contribution is -2.51. The summed E-state index contributed by atoms with van der Waals surface area (Å²) in [5.74, 6) is 3.89. The largest absolute Gasteiger partial charge is 0.462 e. The number of ether oxygens (including phenoxy) is 1. The highest BCUT2D eigenvalue weighted by molar-refractivity contribution is 5.66. The first-order valence-electron chi connectivity index (χ1n) is 11.3. The molecular weight excluding hydrogens is 332 g/mol. The Bertz CT molecular complexity index is 649. The minimum atomic E-state index is -0.125. The second-order valence-corrected chi connectivity index (χ2v) is 10.6. The highest BCUT2D eigenvalue weighted by Crippen LogP contribution is 2.67. The van der Waals surface area contributed by atoms with Gasteiger partial charge in [-0.1, -0.05) is 38.5 Å². The number of hydrogen-bond donors (Lipinski definition) is 0. The molecule has 2 heteroatoms. The standard InChI is InChI=1S/C25H38O2/c1-6-16(2)21-9-10-22-20-8-7-18-15-19(27-17(3)26)11-13-24(18,4)23(20)12-14-25(21,22)5/h6-7,16,19-23H,1,8-15H2,2-5H3/t16-,19+,20+,21-,22+,23+,24+,25-/m1/s1. The minimum Gasteiger partial charge on any atom is -0.462 e. The van der Waals surface area contributed by atoms with E-state index in [1.54, 1.807) is 12.5 Å². The Labute approximate surface area is 165 Å². The fraction of sp³-hybridized carbons (Fsp3) is 0.800. The molecule has 0 bridgehead atoms. The molecule has 0 radical (unpaired) electrons. The molecule has 150 valence electrons. The first kappa shape index (κ1) is 19.3. The summed E-state index contributed by atoms with van der Waals surface area (Å²) in [6, 6.07) is 0. The van der Waals surface area contributed by atoms with Gasteiger partial charge in [0, 0.05) is 13.3 Å². The van der Waals surface area contributed by atoms with E-state index in [9.17, 15) is 4.79 Å². The monoisotopic (exact) mass is 370 g/mol. The van der Waals surface area contributed by atoms with Crippen LogP contribution >= 0.6 is 0 Å². The van der Waals surface area contributed by atoms with E-state index in [0.717, 1.165) is 36.5 Å². The molecule has 8 atom stereocenters. The minimum absolute atomic E-state index is 0.108.